The van der Waals surface area contributed by atoms with Gasteiger partial charge in [-0.15, -0.1) is 0 Å². The van der Waals surface area contributed by atoms with Crippen LogP contribution in [-0.4, -0.2) is 12.1 Å². The van der Waals surface area contributed by atoms with E-state index in [9.17, 15) is 4.39 Å². The molecule has 3 heteroatoms. The highest BCUT2D eigenvalue weighted by Gasteiger charge is 2.04. The molecule has 1 aromatic heterocycles. The fourth-order valence-corrected chi connectivity index (χ4v) is 1.33. The number of hydrogen-bond donors (Lipinski definition) is 0. The minimum Gasteiger partial charge on any atom is -0.495 e. The van der Waals surface area contributed by atoms with Crippen molar-refractivity contribution in [2.75, 3.05) is 7.11 Å². The van der Waals surface area contributed by atoms with Crippen LogP contribution in [0.3, 0.4) is 0 Å². The van der Waals surface area contributed by atoms with E-state index in [0.29, 0.717) is 17.0 Å². The molecule has 2 nitrogen and oxygen atoms in total. The molecule has 2 rings (SSSR count). The molecule has 0 aliphatic rings. The molecule has 0 saturated carbocycles. The summed E-state index contributed by atoms with van der Waals surface area (Å²) in [5, 5.41) is 0. The molecule has 1 aromatic carbocycles. The van der Waals surface area contributed by atoms with E-state index in [1.807, 2.05) is 0 Å². The highest BCUT2D eigenvalue weighted by Crippen LogP contribution is 2.21. The third-order valence-corrected chi connectivity index (χ3v) is 2.12. The minimum absolute atomic E-state index is 0.268. The summed E-state index contributed by atoms with van der Waals surface area (Å²) < 4.78 is 18.4. The van der Waals surface area contributed by atoms with E-state index in [-0.39, 0.29) is 5.82 Å². The lowest BCUT2D eigenvalue weighted by Crippen LogP contribution is -1.89. The molecule has 2 aromatic rings. The van der Waals surface area contributed by atoms with Gasteiger partial charge in [0, 0.05) is 5.56 Å². The number of nitrogens with zero attached hydrogens (tertiary/aromatic N) is 1. The first-order valence-electron chi connectivity index (χ1n) is 4.56. The van der Waals surface area contributed by atoms with Crippen LogP contribution in [0.4, 0.5) is 4.39 Å². The van der Waals surface area contributed by atoms with Crippen molar-refractivity contribution in [1.82, 2.24) is 4.98 Å². The van der Waals surface area contributed by atoms with Crippen LogP contribution in [0, 0.1) is 5.82 Å². The van der Waals surface area contributed by atoms with Gasteiger partial charge in [0.1, 0.15) is 11.6 Å². The molecule has 1 heterocycles. The number of benzene rings is 1. The third kappa shape index (κ3) is 1.96. The first-order chi connectivity index (χ1) is 7.31. The number of halogens is 1. The minimum atomic E-state index is -0.268. The van der Waals surface area contributed by atoms with Crippen molar-refractivity contribution in [3.63, 3.8) is 0 Å². The normalized spacial score (nSPS) is 10.0. The second kappa shape index (κ2) is 4.09. The summed E-state index contributed by atoms with van der Waals surface area (Å²) in [4.78, 5) is 4.12. The van der Waals surface area contributed by atoms with Gasteiger partial charge in [0.2, 0.25) is 0 Å². The molecule has 0 N–H and O–H groups in total. The van der Waals surface area contributed by atoms with Gasteiger partial charge in [-0.1, -0.05) is 12.1 Å². The Bertz CT molecular complexity index is 453. The Balaban J connectivity index is 2.42. The van der Waals surface area contributed by atoms with Crippen LogP contribution in [0.25, 0.3) is 11.3 Å². The number of ether oxygens (including phenoxy) is 1. The highest BCUT2D eigenvalue weighted by molar-refractivity contribution is 5.59. The van der Waals surface area contributed by atoms with E-state index in [1.165, 1.54) is 6.07 Å². The maximum Gasteiger partial charge on any atom is 0.137 e. The second-order valence-corrected chi connectivity index (χ2v) is 3.06. The van der Waals surface area contributed by atoms with Crippen LogP contribution in [-0.2, 0) is 0 Å². The SMILES string of the molecule is COc1ccc(-c2ccccc2F)nc1. The molecule has 0 bridgehead atoms. The van der Waals surface area contributed by atoms with Gasteiger partial charge in [0.25, 0.3) is 0 Å². The molecule has 15 heavy (non-hydrogen) atoms. The lowest BCUT2D eigenvalue weighted by molar-refractivity contribution is 0.413. The summed E-state index contributed by atoms with van der Waals surface area (Å²) in [5.74, 6) is 0.394. The molecule has 0 aliphatic carbocycles. The summed E-state index contributed by atoms with van der Waals surface area (Å²) in [6.07, 6.45) is 1.57. The van der Waals surface area contributed by atoms with Crippen LogP contribution in [0.2, 0.25) is 0 Å². The number of pyridine rings is 1. The zero-order valence-electron chi connectivity index (χ0n) is 8.27. The molecule has 0 fully saturated rings. The maximum absolute atomic E-state index is 13.4. The van der Waals surface area contributed by atoms with Gasteiger partial charge in [-0.3, -0.25) is 4.98 Å². The first-order valence-corrected chi connectivity index (χ1v) is 4.56. The van der Waals surface area contributed by atoms with Gasteiger partial charge in [-0.05, 0) is 24.3 Å². The quantitative estimate of drug-likeness (QED) is 0.748. The third-order valence-electron chi connectivity index (χ3n) is 2.12. The predicted octanol–water partition coefficient (Wildman–Crippen LogP) is 2.90. The van der Waals surface area contributed by atoms with Crippen molar-refractivity contribution in [1.29, 1.82) is 0 Å². The van der Waals surface area contributed by atoms with Gasteiger partial charge >= 0.3 is 0 Å². The number of methoxy groups -OCH3 is 1. The Kier molecular flexibility index (Phi) is 2.63. The highest BCUT2D eigenvalue weighted by atomic mass is 19.1. The summed E-state index contributed by atoms with van der Waals surface area (Å²) >= 11 is 0. The smallest absolute Gasteiger partial charge is 0.137 e. The van der Waals surface area contributed by atoms with Crippen molar-refractivity contribution < 1.29 is 9.13 Å². The lowest BCUT2D eigenvalue weighted by atomic mass is 10.1. The van der Waals surface area contributed by atoms with Crippen LogP contribution in [0.5, 0.6) is 5.75 Å². The van der Waals surface area contributed by atoms with E-state index in [4.69, 9.17) is 4.74 Å². The lowest BCUT2D eigenvalue weighted by Gasteiger charge is -2.03. The average molecular weight is 203 g/mol. The largest absolute Gasteiger partial charge is 0.495 e. The molecule has 0 radical (unpaired) electrons. The van der Waals surface area contributed by atoms with E-state index in [1.54, 1.807) is 43.6 Å². The summed E-state index contributed by atoms with van der Waals surface area (Å²) in [7, 11) is 1.57. The Morgan fingerprint density at radius 2 is 1.93 bits per heavy atom. The van der Waals surface area contributed by atoms with Crippen LogP contribution < -0.4 is 4.74 Å². The second-order valence-electron chi connectivity index (χ2n) is 3.06. The summed E-state index contributed by atoms with van der Waals surface area (Å²) in [6, 6.07) is 10.0. The van der Waals surface area contributed by atoms with E-state index in [2.05, 4.69) is 4.98 Å². The van der Waals surface area contributed by atoms with Crippen molar-refractivity contribution in [3.05, 3.63) is 48.4 Å². The van der Waals surface area contributed by atoms with Crippen LogP contribution in [0.1, 0.15) is 0 Å². The van der Waals surface area contributed by atoms with E-state index < -0.39 is 0 Å². The molecule has 0 atom stereocenters. The zero-order valence-corrected chi connectivity index (χ0v) is 8.27. The van der Waals surface area contributed by atoms with Crippen molar-refractivity contribution in [2.24, 2.45) is 0 Å². The molecule has 0 unspecified atom stereocenters. The van der Waals surface area contributed by atoms with Gasteiger partial charge in [-0.25, -0.2) is 4.39 Å². The van der Waals surface area contributed by atoms with E-state index >= 15 is 0 Å². The monoisotopic (exact) mass is 203 g/mol. The van der Waals surface area contributed by atoms with Crippen LogP contribution >= 0.6 is 0 Å². The van der Waals surface area contributed by atoms with Gasteiger partial charge in [0.05, 0.1) is 19.0 Å². The Morgan fingerprint density at radius 1 is 1.13 bits per heavy atom. The fourth-order valence-electron chi connectivity index (χ4n) is 1.33. The van der Waals surface area contributed by atoms with Gasteiger partial charge in [0.15, 0.2) is 0 Å². The van der Waals surface area contributed by atoms with E-state index in [0.717, 1.165) is 0 Å². The molecule has 0 spiro atoms. The summed E-state index contributed by atoms with van der Waals surface area (Å²) in [6.45, 7) is 0. The van der Waals surface area contributed by atoms with Crippen LogP contribution in [0.15, 0.2) is 42.6 Å². The molecule has 76 valence electrons. The fraction of sp³-hybridized carbons (Fsp3) is 0.0833. The Morgan fingerprint density at radius 3 is 2.53 bits per heavy atom. The Labute approximate surface area is 87.4 Å². The van der Waals surface area contributed by atoms with Gasteiger partial charge in [-0.2, -0.15) is 0 Å². The Hall–Kier alpha value is -1.90. The van der Waals surface area contributed by atoms with Crippen molar-refractivity contribution in [3.8, 4) is 17.0 Å². The maximum atomic E-state index is 13.4. The van der Waals surface area contributed by atoms with Crippen molar-refractivity contribution in [2.45, 2.75) is 0 Å². The van der Waals surface area contributed by atoms with Gasteiger partial charge < -0.3 is 4.74 Å². The molecular weight excluding hydrogens is 193 g/mol. The molecule has 0 amide bonds. The standard InChI is InChI=1S/C12H10FNO/c1-15-9-6-7-12(14-8-9)10-4-2-3-5-11(10)13/h2-8H,1H3. The first kappa shape index (κ1) is 9.65. The molecule has 0 aliphatic heterocycles. The average Bonchev–Trinajstić information content (AvgIpc) is 2.30. The topological polar surface area (TPSA) is 22.1 Å². The number of hydrogen-bond acceptors (Lipinski definition) is 2. The summed E-state index contributed by atoms with van der Waals surface area (Å²) in [5.41, 5.74) is 1.11. The number of rotatable bonds is 2. The molecular formula is C12H10FNO. The zero-order chi connectivity index (χ0) is 10.7. The predicted molar refractivity (Wildman–Crippen MR) is 56.2 cm³/mol. The number of aromatic nitrogens is 1. The molecule has 0 saturated heterocycles. The van der Waals surface area contributed by atoms with Crippen molar-refractivity contribution >= 4 is 0 Å².